The van der Waals surface area contributed by atoms with Gasteiger partial charge in [0.2, 0.25) is 0 Å². The Morgan fingerprint density at radius 1 is 0.288 bits per heavy atom. The molecule has 0 aliphatic heterocycles. The number of hydrogen-bond donors (Lipinski definition) is 0. The second-order valence-electron chi connectivity index (χ2n) is 14.3. The molecule has 0 aliphatic rings. The number of benzene rings is 8. The summed E-state index contributed by atoms with van der Waals surface area (Å²) in [6.07, 6.45) is 0. The molecule has 0 fully saturated rings. The van der Waals surface area contributed by atoms with Crippen molar-refractivity contribution in [3.63, 3.8) is 0 Å². The first-order chi connectivity index (χ1) is 29.2. The van der Waals surface area contributed by atoms with E-state index >= 15 is 0 Å². The van der Waals surface area contributed by atoms with Crippen LogP contribution >= 0.6 is 0 Å². The van der Waals surface area contributed by atoms with Gasteiger partial charge in [-0.25, -0.2) is 29.9 Å². The van der Waals surface area contributed by atoms with Gasteiger partial charge in [-0.1, -0.05) is 164 Å². The van der Waals surface area contributed by atoms with E-state index in [2.05, 4.69) is 83.4 Å². The monoisotopic (exact) mass is 755 g/mol. The SMILES string of the molecule is c1ccc(-c2nc(-c3ccccc3)nc(-c3ccc(-n4c5ccccc5c5cc6ccccc6c(-c6nc(-c7ccccc7)nc(-c7ccccc7)n6)c54)cc3)n2)cc1. The number of nitrogens with zero attached hydrogens (tertiary/aromatic N) is 7. The first kappa shape index (κ1) is 34.1. The van der Waals surface area contributed by atoms with Crippen molar-refractivity contribution >= 4 is 32.6 Å². The largest absolute Gasteiger partial charge is 0.308 e. The lowest BCUT2D eigenvalue weighted by atomic mass is 9.99. The highest BCUT2D eigenvalue weighted by atomic mass is 15.1. The summed E-state index contributed by atoms with van der Waals surface area (Å²) in [5, 5.41) is 4.40. The zero-order valence-electron chi connectivity index (χ0n) is 31.7. The fraction of sp³-hybridized carbons (Fsp3) is 0. The summed E-state index contributed by atoms with van der Waals surface area (Å²) in [4.78, 5) is 30.4. The molecule has 7 heteroatoms. The Bertz CT molecular complexity index is 3180. The molecule has 3 aromatic heterocycles. The van der Waals surface area contributed by atoms with Crippen molar-refractivity contribution in [3.8, 4) is 74.0 Å². The van der Waals surface area contributed by atoms with Gasteiger partial charge in [-0.3, -0.25) is 0 Å². The van der Waals surface area contributed by atoms with Gasteiger partial charge in [-0.2, -0.15) is 0 Å². The van der Waals surface area contributed by atoms with Gasteiger partial charge in [0.1, 0.15) is 0 Å². The number of fused-ring (bicyclic) bond motifs is 4. The van der Waals surface area contributed by atoms with E-state index in [1.165, 1.54) is 0 Å². The third kappa shape index (κ3) is 6.18. The van der Waals surface area contributed by atoms with Crippen LogP contribution in [0.1, 0.15) is 0 Å². The van der Waals surface area contributed by atoms with Crippen LogP contribution in [0.3, 0.4) is 0 Å². The van der Waals surface area contributed by atoms with E-state index in [4.69, 9.17) is 29.9 Å². The van der Waals surface area contributed by atoms with Gasteiger partial charge < -0.3 is 4.57 Å². The van der Waals surface area contributed by atoms with Gasteiger partial charge in [0.25, 0.3) is 0 Å². The van der Waals surface area contributed by atoms with Crippen molar-refractivity contribution in [2.24, 2.45) is 0 Å². The lowest BCUT2D eigenvalue weighted by Gasteiger charge is -2.15. The molecule has 11 aromatic rings. The number of hydrogen-bond acceptors (Lipinski definition) is 6. The predicted octanol–water partition coefficient (Wildman–Crippen LogP) is 12.3. The van der Waals surface area contributed by atoms with E-state index in [0.29, 0.717) is 34.9 Å². The number of aromatic nitrogens is 7. The smallest absolute Gasteiger partial charge is 0.166 e. The van der Waals surface area contributed by atoms with Crippen molar-refractivity contribution in [1.29, 1.82) is 0 Å². The van der Waals surface area contributed by atoms with Crippen LogP contribution in [0.15, 0.2) is 200 Å². The van der Waals surface area contributed by atoms with Crippen molar-refractivity contribution in [1.82, 2.24) is 34.5 Å². The van der Waals surface area contributed by atoms with E-state index in [0.717, 1.165) is 71.6 Å². The summed E-state index contributed by atoms with van der Waals surface area (Å²) >= 11 is 0. The standard InChI is InChI=1S/C52H33N7/c1-5-17-34(18-6-1)47-53-48(35-19-7-2-8-20-35)55-51(54-47)38-29-31-40(32-30-38)59-44-28-16-15-27-42(44)43-33-39-25-13-14-26-41(39)45(46(43)59)52-57-49(36-21-9-3-10-22-36)56-50(58-52)37-23-11-4-12-24-37/h1-33H. The summed E-state index contributed by atoms with van der Waals surface area (Å²) in [5.74, 6) is 3.69. The van der Waals surface area contributed by atoms with E-state index < -0.39 is 0 Å². The fourth-order valence-corrected chi connectivity index (χ4v) is 7.90. The molecule has 0 N–H and O–H groups in total. The Labute approximate surface area is 340 Å². The Kier molecular flexibility index (Phi) is 8.33. The molecule has 0 unspecified atom stereocenters. The van der Waals surface area contributed by atoms with E-state index in [-0.39, 0.29) is 0 Å². The van der Waals surface area contributed by atoms with Crippen LogP contribution in [-0.2, 0) is 0 Å². The number of para-hydroxylation sites is 1. The molecule has 59 heavy (non-hydrogen) atoms. The Balaban J connectivity index is 1.15. The average molecular weight is 756 g/mol. The van der Waals surface area contributed by atoms with E-state index in [1.54, 1.807) is 0 Å². The molecule has 3 heterocycles. The first-order valence-electron chi connectivity index (χ1n) is 19.6. The quantitative estimate of drug-likeness (QED) is 0.161. The highest BCUT2D eigenvalue weighted by Crippen LogP contribution is 2.42. The molecule has 7 nitrogen and oxygen atoms in total. The molecule has 0 atom stereocenters. The van der Waals surface area contributed by atoms with Crippen LogP contribution in [0.5, 0.6) is 0 Å². The molecule has 0 aliphatic carbocycles. The topological polar surface area (TPSA) is 82.3 Å². The summed E-state index contributed by atoms with van der Waals surface area (Å²) < 4.78 is 2.34. The minimum atomic E-state index is 0.602. The zero-order chi connectivity index (χ0) is 39.1. The molecule has 0 radical (unpaired) electrons. The van der Waals surface area contributed by atoms with Gasteiger partial charge in [0.15, 0.2) is 34.9 Å². The first-order valence-corrected chi connectivity index (χ1v) is 19.6. The van der Waals surface area contributed by atoms with Crippen molar-refractivity contribution < 1.29 is 0 Å². The third-order valence-corrected chi connectivity index (χ3v) is 10.7. The van der Waals surface area contributed by atoms with Crippen LogP contribution in [0.25, 0.3) is 107 Å². The molecular weight excluding hydrogens is 723 g/mol. The predicted molar refractivity (Wildman–Crippen MR) is 238 cm³/mol. The Hall–Kier alpha value is -8.16. The minimum Gasteiger partial charge on any atom is -0.308 e. The minimum absolute atomic E-state index is 0.602. The summed E-state index contributed by atoms with van der Waals surface area (Å²) in [7, 11) is 0. The van der Waals surface area contributed by atoms with E-state index in [1.807, 2.05) is 121 Å². The fourth-order valence-electron chi connectivity index (χ4n) is 7.90. The lowest BCUT2D eigenvalue weighted by Crippen LogP contribution is -2.03. The van der Waals surface area contributed by atoms with Crippen LogP contribution in [0.2, 0.25) is 0 Å². The average Bonchev–Trinajstić information content (AvgIpc) is 3.65. The molecule has 11 rings (SSSR count). The Morgan fingerprint density at radius 2 is 0.661 bits per heavy atom. The van der Waals surface area contributed by atoms with Crippen LogP contribution < -0.4 is 0 Å². The van der Waals surface area contributed by atoms with Gasteiger partial charge in [0, 0.05) is 44.3 Å². The van der Waals surface area contributed by atoms with Crippen LogP contribution in [0.4, 0.5) is 0 Å². The number of rotatable bonds is 7. The third-order valence-electron chi connectivity index (χ3n) is 10.7. The maximum absolute atomic E-state index is 5.27. The molecule has 0 saturated heterocycles. The highest BCUT2D eigenvalue weighted by molar-refractivity contribution is 6.20. The maximum Gasteiger partial charge on any atom is 0.166 e. The summed E-state index contributed by atoms with van der Waals surface area (Å²) in [5.41, 5.74) is 8.60. The zero-order valence-corrected chi connectivity index (χ0v) is 31.7. The van der Waals surface area contributed by atoms with Gasteiger partial charge in [-0.15, -0.1) is 0 Å². The highest BCUT2D eigenvalue weighted by Gasteiger charge is 2.23. The van der Waals surface area contributed by atoms with Crippen LogP contribution in [-0.4, -0.2) is 34.5 Å². The summed E-state index contributed by atoms with van der Waals surface area (Å²) in [6.45, 7) is 0. The van der Waals surface area contributed by atoms with Crippen molar-refractivity contribution in [3.05, 3.63) is 200 Å². The lowest BCUT2D eigenvalue weighted by molar-refractivity contribution is 1.07. The Morgan fingerprint density at radius 3 is 1.14 bits per heavy atom. The van der Waals surface area contributed by atoms with Gasteiger partial charge >= 0.3 is 0 Å². The second kappa shape index (κ2) is 14.4. The maximum atomic E-state index is 5.27. The van der Waals surface area contributed by atoms with Gasteiger partial charge in [-0.05, 0) is 47.2 Å². The molecule has 0 spiro atoms. The van der Waals surface area contributed by atoms with Crippen molar-refractivity contribution in [2.45, 2.75) is 0 Å². The van der Waals surface area contributed by atoms with Crippen LogP contribution in [0, 0.1) is 0 Å². The molecule has 0 amide bonds. The molecule has 8 aromatic carbocycles. The molecular formula is C52H33N7. The van der Waals surface area contributed by atoms with E-state index in [9.17, 15) is 0 Å². The van der Waals surface area contributed by atoms with Gasteiger partial charge in [0.05, 0.1) is 16.6 Å². The molecule has 0 saturated carbocycles. The summed E-state index contributed by atoms with van der Waals surface area (Å²) in [6, 6.07) is 68.2. The normalized spacial score (nSPS) is 11.4. The van der Waals surface area contributed by atoms with Crippen molar-refractivity contribution in [2.75, 3.05) is 0 Å². The molecule has 276 valence electrons. The second-order valence-corrected chi connectivity index (χ2v) is 14.3. The molecule has 0 bridgehead atoms.